The first-order valence-corrected chi connectivity index (χ1v) is 6.49. The van der Waals surface area contributed by atoms with Crippen molar-refractivity contribution in [3.05, 3.63) is 28.0 Å². The highest BCUT2D eigenvalue weighted by atomic mass is 35.5. The van der Waals surface area contributed by atoms with Gasteiger partial charge in [0.25, 0.3) is 0 Å². The topological polar surface area (TPSA) is 25.4 Å². The molecular formula is C12H16Cl2N2O. The summed E-state index contributed by atoms with van der Waals surface area (Å²) < 4.78 is 5.69. The number of halogens is 2. The van der Waals surface area contributed by atoms with E-state index in [4.69, 9.17) is 27.9 Å². The second-order valence-electron chi connectivity index (χ2n) is 4.51. The monoisotopic (exact) mass is 274 g/mol. The van der Waals surface area contributed by atoms with E-state index in [-0.39, 0.29) is 12.2 Å². The van der Waals surface area contributed by atoms with E-state index in [9.17, 15) is 0 Å². The summed E-state index contributed by atoms with van der Waals surface area (Å²) in [6, 6.07) is 3.50. The fraction of sp³-hybridized carbons (Fsp3) is 0.583. The first-order valence-electron chi connectivity index (χ1n) is 5.73. The quantitative estimate of drug-likeness (QED) is 0.776. The first-order chi connectivity index (χ1) is 8.04. The summed E-state index contributed by atoms with van der Waals surface area (Å²) in [6.45, 7) is 6.67. The van der Waals surface area contributed by atoms with Crippen LogP contribution >= 0.6 is 23.2 Å². The summed E-state index contributed by atoms with van der Waals surface area (Å²) in [5.41, 5.74) is 0.834. The molecule has 1 aromatic heterocycles. The molecule has 2 unspecified atom stereocenters. The second-order valence-corrected chi connectivity index (χ2v) is 5.31. The molecule has 0 amide bonds. The summed E-state index contributed by atoms with van der Waals surface area (Å²) in [6.07, 6.45) is 0.494. The van der Waals surface area contributed by atoms with Gasteiger partial charge in [-0.05, 0) is 26.0 Å². The summed E-state index contributed by atoms with van der Waals surface area (Å²) in [5.74, 6) is 0. The van der Waals surface area contributed by atoms with Crippen molar-refractivity contribution in [3.8, 4) is 0 Å². The van der Waals surface area contributed by atoms with Gasteiger partial charge in [-0.25, -0.2) is 4.98 Å². The minimum absolute atomic E-state index is 0.247. The van der Waals surface area contributed by atoms with Gasteiger partial charge in [0.05, 0.1) is 22.9 Å². The highest BCUT2D eigenvalue weighted by Crippen LogP contribution is 2.20. The van der Waals surface area contributed by atoms with Crippen LogP contribution in [0.5, 0.6) is 0 Å². The Bertz CT molecular complexity index is 390. The largest absolute Gasteiger partial charge is 0.373 e. The van der Waals surface area contributed by atoms with Crippen LogP contribution in [0.4, 0.5) is 0 Å². The van der Waals surface area contributed by atoms with E-state index in [1.807, 2.05) is 0 Å². The average Bonchev–Trinajstić information content (AvgIpc) is 2.22. The van der Waals surface area contributed by atoms with Crippen LogP contribution in [0.2, 0.25) is 10.2 Å². The third kappa shape index (κ3) is 3.55. The maximum absolute atomic E-state index is 6.11. The van der Waals surface area contributed by atoms with Crippen molar-refractivity contribution in [2.45, 2.75) is 32.6 Å². The van der Waals surface area contributed by atoms with Gasteiger partial charge < -0.3 is 4.74 Å². The van der Waals surface area contributed by atoms with Crippen LogP contribution in [0.25, 0.3) is 0 Å². The Morgan fingerprint density at radius 1 is 1.29 bits per heavy atom. The lowest BCUT2D eigenvalue weighted by atomic mass is 10.2. The average molecular weight is 275 g/mol. The van der Waals surface area contributed by atoms with Crippen LogP contribution in [-0.2, 0) is 11.3 Å². The Labute approximate surface area is 112 Å². The molecule has 5 heteroatoms. The van der Waals surface area contributed by atoms with Crippen LogP contribution in [0.1, 0.15) is 19.5 Å². The molecular weight excluding hydrogens is 259 g/mol. The van der Waals surface area contributed by atoms with Crippen molar-refractivity contribution in [2.75, 3.05) is 13.1 Å². The maximum atomic E-state index is 6.11. The van der Waals surface area contributed by atoms with Crippen molar-refractivity contribution in [1.29, 1.82) is 0 Å². The van der Waals surface area contributed by atoms with E-state index < -0.39 is 0 Å². The lowest BCUT2D eigenvalue weighted by Crippen LogP contribution is -2.45. The van der Waals surface area contributed by atoms with Crippen LogP contribution in [0, 0.1) is 0 Å². The predicted molar refractivity (Wildman–Crippen MR) is 69.5 cm³/mol. The van der Waals surface area contributed by atoms with Gasteiger partial charge in [-0.2, -0.15) is 0 Å². The van der Waals surface area contributed by atoms with E-state index >= 15 is 0 Å². The molecule has 0 spiro atoms. The van der Waals surface area contributed by atoms with E-state index in [1.165, 1.54) is 0 Å². The van der Waals surface area contributed by atoms with Crippen LogP contribution < -0.4 is 0 Å². The van der Waals surface area contributed by atoms with Gasteiger partial charge in [-0.3, -0.25) is 4.90 Å². The fourth-order valence-electron chi connectivity index (χ4n) is 2.19. The van der Waals surface area contributed by atoms with Crippen molar-refractivity contribution < 1.29 is 4.74 Å². The molecule has 2 atom stereocenters. The molecule has 0 aromatic carbocycles. The van der Waals surface area contributed by atoms with E-state index in [1.54, 1.807) is 12.1 Å². The number of morpholine rings is 1. The molecule has 0 saturated carbocycles. The maximum Gasteiger partial charge on any atom is 0.129 e. The van der Waals surface area contributed by atoms with Gasteiger partial charge in [0.1, 0.15) is 5.15 Å². The zero-order valence-electron chi connectivity index (χ0n) is 9.99. The summed E-state index contributed by atoms with van der Waals surface area (Å²) in [4.78, 5) is 6.56. The van der Waals surface area contributed by atoms with Gasteiger partial charge >= 0.3 is 0 Å². The van der Waals surface area contributed by atoms with Crippen molar-refractivity contribution in [2.24, 2.45) is 0 Å². The molecule has 0 radical (unpaired) electrons. The molecule has 17 heavy (non-hydrogen) atoms. The molecule has 1 aliphatic rings. The fourth-order valence-corrected chi connectivity index (χ4v) is 2.52. The highest BCUT2D eigenvalue weighted by Gasteiger charge is 2.23. The molecule has 0 aliphatic carbocycles. The number of hydrogen-bond acceptors (Lipinski definition) is 3. The minimum Gasteiger partial charge on any atom is -0.373 e. The van der Waals surface area contributed by atoms with Crippen LogP contribution in [-0.4, -0.2) is 35.2 Å². The molecule has 0 N–H and O–H groups in total. The molecule has 2 heterocycles. The summed E-state index contributed by atoms with van der Waals surface area (Å²) >= 11 is 12.0. The molecule has 1 aromatic rings. The Morgan fingerprint density at radius 3 is 2.59 bits per heavy atom. The Hall–Kier alpha value is -0.350. The lowest BCUT2D eigenvalue weighted by Gasteiger charge is -2.35. The van der Waals surface area contributed by atoms with Gasteiger partial charge in [0.2, 0.25) is 0 Å². The Balaban J connectivity index is 2.07. The normalized spacial score (nSPS) is 26.1. The molecule has 94 valence electrons. The minimum atomic E-state index is 0.247. The second kappa shape index (κ2) is 5.53. The van der Waals surface area contributed by atoms with Crippen molar-refractivity contribution in [3.63, 3.8) is 0 Å². The number of hydrogen-bond donors (Lipinski definition) is 0. The molecule has 1 saturated heterocycles. The number of ether oxygens (including phenoxy) is 1. The van der Waals surface area contributed by atoms with Gasteiger partial charge in [0, 0.05) is 19.6 Å². The molecule has 2 rings (SSSR count). The van der Waals surface area contributed by atoms with E-state index in [2.05, 4.69) is 23.7 Å². The zero-order chi connectivity index (χ0) is 12.4. The smallest absolute Gasteiger partial charge is 0.129 e. The van der Waals surface area contributed by atoms with Crippen molar-refractivity contribution >= 4 is 23.2 Å². The van der Waals surface area contributed by atoms with Gasteiger partial charge in [-0.1, -0.05) is 23.2 Å². The van der Waals surface area contributed by atoms with Crippen LogP contribution in [0.15, 0.2) is 12.1 Å². The summed E-state index contributed by atoms with van der Waals surface area (Å²) in [5, 5.41) is 1.15. The SMILES string of the molecule is CC1CN(Cc2nc(Cl)ccc2Cl)CC(C)O1. The lowest BCUT2D eigenvalue weighted by molar-refractivity contribution is -0.0707. The highest BCUT2D eigenvalue weighted by molar-refractivity contribution is 6.32. The van der Waals surface area contributed by atoms with E-state index in [0.29, 0.717) is 10.2 Å². The standard InChI is InChI=1S/C12H16Cl2N2O/c1-8-5-16(6-9(2)17-8)7-11-10(13)3-4-12(14)15-11/h3-4,8-9H,5-7H2,1-2H3. The van der Waals surface area contributed by atoms with Crippen molar-refractivity contribution in [1.82, 2.24) is 9.88 Å². The van der Waals surface area contributed by atoms with E-state index in [0.717, 1.165) is 25.3 Å². The molecule has 3 nitrogen and oxygen atoms in total. The number of aromatic nitrogens is 1. The number of rotatable bonds is 2. The predicted octanol–water partition coefficient (Wildman–Crippen LogP) is 3.00. The number of nitrogens with zero attached hydrogens (tertiary/aromatic N) is 2. The number of pyridine rings is 1. The van der Waals surface area contributed by atoms with Gasteiger partial charge in [-0.15, -0.1) is 0 Å². The van der Waals surface area contributed by atoms with Gasteiger partial charge in [0.15, 0.2) is 0 Å². The third-order valence-electron chi connectivity index (χ3n) is 2.75. The zero-order valence-corrected chi connectivity index (χ0v) is 11.5. The Kier molecular flexibility index (Phi) is 4.26. The molecule has 1 aliphatic heterocycles. The Morgan fingerprint density at radius 2 is 1.94 bits per heavy atom. The third-order valence-corrected chi connectivity index (χ3v) is 3.31. The summed E-state index contributed by atoms with van der Waals surface area (Å²) in [7, 11) is 0. The first kappa shape index (κ1) is 13.1. The molecule has 0 bridgehead atoms. The molecule has 1 fully saturated rings. The van der Waals surface area contributed by atoms with Crippen LogP contribution in [0.3, 0.4) is 0 Å².